The maximum Gasteiger partial charge on any atom is 0.380 e. The van der Waals surface area contributed by atoms with E-state index in [0.717, 1.165) is 25.9 Å². The van der Waals surface area contributed by atoms with Gasteiger partial charge < -0.3 is 14.9 Å². The van der Waals surface area contributed by atoms with Crippen LogP contribution in [0.1, 0.15) is 23.3 Å². The normalized spacial score (nSPS) is 14.8. The van der Waals surface area contributed by atoms with Gasteiger partial charge in [-0.05, 0) is 25.0 Å². The molecule has 1 aliphatic rings. The minimum absolute atomic E-state index is 0.0181. The van der Waals surface area contributed by atoms with Crippen molar-refractivity contribution in [2.24, 2.45) is 0 Å². The van der Waals surface area contributed by atoms with Crippen molar-refractivity contribution in [3.05, 3.63) is 29.2 Å². The molecule has 2 rings (SSSR count). The number of aromatic carboxylic acids is 1. The molecule has 0 aliphatic carbocycles. The molecule has 1 aromatic heterocycles. The lowest BCUT2D eigenvalue weighted by atomic mass is 10.2. The molecule has 0 bridgehead atoms. The van der Waals surface area contributed by atoms with Crippen LogP contribution in [-0.2, 0) is 0 Å². The Balaban J connectivity index is 2.44. The molecule has 1 fully saturated rings. The van der Waals surface area contributed by atoms with Crippen LogP contribution in [0.2, 0.25) is 0 Å². The van der Waals surface area contributed by atoms with Crippen LogP contribution < -0.4 is 4.90 Å². The Kier molecular flexibility index (Phi) is 2.73. The largest absolute Gasteiger partial charge is 0.475 e. The highest BCUT2D eigenvalue weighted by Crippen LogP contribution is 2.25. The van der Waals surface area contributed by atoms with Crippen LogP contribution in [0.5, 0.6) is 0 Å². The van der Waals surface area contributed by atoms with Gasteiger partial charge in [0.1, 0.15) is 0 Å². The second kappa shape index (κ2) is 4.19. The number of carboxylic acid groups (broad SMARTS) is 1. The molecule has 0 atom stereocenters. The zero-order chi connectivity index (χ0) is 11.5. The molecule has 16 heavy (non-hydrogen) atoms. The molecule has 0 radical (unpaired) electrons. The average molecular weight is 217 g/mol. The van der Waals surface area contributed by atoms with Crippen molar-refractivity contribution in [2.45, 2.75) is 12.8 Å². The molecule has 1 aliphatic heterocycles. The van der Waals surface area contributed by atoms with Crippen LogP contribution >= 0.6 is 0 Å². The highest BCUT2D eigenvalue weighted by atomic mass is 16.4. The fraction of sp³-hybridized carbons (Fsp3) is 0.364. The van der Waals surface area contributed by atoms with E-state index < -0.39 is 5.97 Å². The number of hydrogen-bond donors (Lipinski definition) is 1. The third-order valence-corrected chi connectivity index (χ3v) is 2.62. The van der Waals surface area contributed by atoms with Gasteiger partial charge in [0, 0.05) is 13.1 Å². The Morgan fingerprint density at radius 3 is 2.69 bits per heavy atom. The summed E-state index contributed by atoms with van der Waals surface area (Å²) < 4.78 is 0. The smallest absolute Gasteiger partial charge is 0.380 e. The lowest BCUT2D eigenvalue weighted by Crippen LogP contribution is -2.21. The van der Waals surface area contributed by atoms with Crippen LogP contribution in [0.4, 0.5) is 11.5 Å². The summed E-state index contributed by atoms with van der Waals surface area (Å²) in [4.78, 5) is 20.0. The van der Waals surface area contributed by atoms with Gasteiger partial charge in [-0.1, -0.05) is 6.57 Å². The summed E-state index contributed by atoms with van der Waals surface area (Å²) in [7, 11) is 0. The van der Waals surface area contributed by atoms with E-state index in [-0.39, 0.29) is 11.5 Å². The lowest BCUT2D eigenvalue weighted by molar-refractivity contribution is 0.0691. The zero-order valence-corrected chi connectivity index (χ0v) is 8.68. The predicted octanol–water partition coefficient (Wildman–Crippen LogP) is 1.93. The van der Waals surface area contributed by atoms with Crippen molar-refractivity contribution in [3.8, 4) is 0 Å². The molecule has 1 saturated heterocycles. The number of aromatic nitrogens is 1. The first-order chi connectivity index (χ1) is 7.72. The van der Waals surface area contributed by atoms with Gasteiger partial charge in [0.05, 0.1) is 5.69 Å². The molecule has 0 saturated carbocycles. The number of pyridine rings is 1. The number of nitrogens with zero attached hydrogens (tertiary/aromatic N) is 3. The van der Waals surface area contributed by atoms with E-state index in [1.54, 1.807) is 12.1 Å². The van der Waals surface area contributed by atoms with Gasteiger partial charge in [0.25, 0.3) is 11.5 Å². The third kappa shape index (κ3) is 1.82. The van der Waals surface area contributed by atoms with Gasteiger partial charge >= 0.3 is 5.97 Å². The quantitative estimate of drug-likeness (QED) is 0.769. The number of carboxylic acids is 1. The van der Waals surface area contributed by atoms with Crippen LogP contribution in [0.25, 0.3) is 4.85 Å². The van der Waals surface area contributed by atoms with Crippen molar-refractivity contribution in [2.75, 3.05) is 18.0 Å². The minimum Gasteiger partial charge on any atom is -0.475 e. The van der Waals surface area contributed by atoms with E-state index in [1.807, 2.05) is 4.90 Å². The Morgan fingerprint density at radius 2 is 2.12 bits per heavy atom. The van der Waals surface area contributed by atoms with E-state index in [2.05, 4.69) is 9.83 Å². The summed E-state index contributed by atoms with van der Waals surface area (Å²) in [5, 5.41) is 9.05. The molecular weight excluding hydrogens is 206 g/mol. The first-order valence-electron chi connectivity index (χ1n) is 5.09. The summed E-state index contributed by atoms with van der Waals surface area (Å²) in [6.45, 7) is 8.54. The van der Waals surface area contributed by atoms with Crippen molar-refractivity contribution in [3.63, 3.8) is 0 Å². The maximum absolute atomic E-state index is 11.1. The van der Waals surface area contributed by atoms with E-state index in [1.165, 1.54) is 0 Å². The van der Waals surface area contributed by atoms with Gasteiger partial charge in [0.2, 0.25) is 0 Å². The molecule has 82 valence electrons. The number of hydrogen-bond acceptors (Lipinski definition) is 3. The molecule has 5 nitrogen and oxygen atoms in total. The zero-order valence-electron chi connectivity index (χ0n) is 8.68. The second-order valence-corrected chi connectivity index (χ2v) is 3.65. The predicted molar refractivity (Wildman–Crippen MR) is 58.9 cm³/mol. The van der Waals surface area contributed by atoms with Gasteiger partial charge in [0.15, 0.2) is 0 Å². The monoisotopic (exact) mass is 217 g/mol. The van der Waals surface area contributed by atoms with E-state index >= 15 is 0 Å². The lowest BCUT2D eigenvalue weighted by Gasteiger charge is -2.17. The molecule has 1 aromatic rings. The topological polar surface area (TPSA) is 57.8 Å². The summed E-state index contributed by atoms with van der Waals surface area (Å²) in [6, 6.07) is 3.24. The molecule has 0 amide bonds. The molecule has 0 aromatic carbocycles. The van der Waals surface area contributed by atoms with Gasteiger partial charge in [-0.25, -0.2) is 4.79 Å². The van der Waals surface area contributed by atoms with E-state index in [9.17, 15) is 4.79 Å². The van der Waals surface area contributed by atoms with E-state index in [4.69, 9.17) is 11.7 Å². The number of carbonyl (C=O) groups is 1. The highest BCUT2D eigenvalue weighted by molar-refractivity contribution is 5.92. The van der Waals surface area contributed by atoms with Crippen LogP contribution in [-0.4, -0.2) is 29.1 Å². The van der Waals surface area contributed by atoms with Crippen LogP contribution in [0.3, 0.4) is 0 Å². The number of rotatable bonds is 2. The van der Waals surface area contributed by atoms with Crippen molar-refractivity contribution < 1.29 is 9.90 Å². The van der Waals surface area contributed by atoms with Crippen molar-refractivity contribution in [1.82, 2.24) is 4.98 Å². The van der Waals surface area contributed by atoms with Crippen LogP contribution in [0, 0.1) is 6.57 Å². The standard InChI is InChI=1S/C11H11N3O2/c1-12-9-5-4-8(10(13-9)11(15)16)14-6-2-3-7-14/h4-5H,2-3,6-7H2,(H,15,16). The van der Waals surface area contributed by atoms with Crippen LogP contribution in [0.15, 0.2) is 12.1 Å². The first kappa shape index (κ1) is 10.4. The fourth-order valence-electron chi connectivity index (χ4n) is 1.87. The minimum atomic E-state index is -1.08. The molecule has 2 heterocycles. The summed E-state index contributed by atoms with van der Waals surface area (Å²) in [5.41, 5.74) is 0.604. The average Bonchev–Trinajstić information content (AvgIpc) is 2.81. The molecule has 5 heteroatoms. The van der Waals surface area contributed by atoms with E-state index in [0.29, 0.717) is 5.69 Å². The Morgan fingerprint density at radius 1 is 1.44 bits per heavy atom. The SMILES string of the molecule is [C-]#[N+]c1ccc(N2CCCC2)c(C(=O)O)n1. The third-order valence-electron chi connectivity index (χ3n) is 2.62. The van der Waals surface area contributed by atoms with Crippen molar-refractivity contribution in [1.29, 1.82) is 0 Å². The summed E-state index contributed by atoms with van der Waals surface area (Å²) in [6.07, 6.45) is 2.15. The molecular formula is C11H11N3O2. The van der Waals surface area contributed by atoms with Crippen molar-refractivity contribution >= 4 is 17.5 Å². The molecule has 1 N–H and O–H groups in total. The number of anilines is 1. The Bertz CT molecular complexity index is 459. The Hall–Kier alpha value is -2.09. The highest BCUT2D eigenvalue weighted by Gasteiger charge is 2.23. The first-order valence-corrected chi connectivity index (χ1v) is 5.09. The molecule has 0 unspecified atom stereocenters. The molecule has 0 spiro atoms. The van der Waals surface area contributed by atoms with Gasteiger partial charge in [-0.15, -0.1) is 4.98 Å². The maximum atomic E-state index is 11.1. The van der Waals surface area contributed by atoms with Gasteiger partial charge in [-0.2, -0.15) is 0 Å². The fourth-order valence-corrected chi connectivity index (χ4v) is 1.87. The van der Waals surface area contributed by atoms with Gasteiger partial charge in [-0.3, -0.25) is 0 Å². The summed E-state index contributed by atoms with van der Waals surface area (Å²) in [5.74, 6) is -0.951. The summed E-state index contributed by atoms with van der Waals surface area (Å²) >= 11 is 0. The second-order valence-electron chi connectivity index (χ2n) is 3.65. The Labute approximate surface area is 93.2 Å².